The van der Waals surface area contributed by atoms with E-state index in [4.69, 9.17) is 16.7 Å². The summed E-state index contributed by atoms with van der Waals surface area (Å²) in [5, 5.41) is 15.4. The predicted molar refractivity (Wildman–Crippen MR) is 53.4 cm³/mol. The van der Waals surface area contributed by atoms with Gasteiger partial charge >= 0.3 is 0 Å². The summed E-state index contributed by atoms with van der Waals surface area (Å²) in [4.78, 5) is 0. The van der Waals surface area contributed by atoms with Crippen LogP contribution in [-0.4, -0.2) is 11.4 Å². The van der Waals surface area contributed by atoms with E-state index in [2.05, 4.69) is 10.6 Å². The fourth-order valence-corrected chi connectivity index (χ4v) is 1.48. The van der Waals surface area contributed by atoms with Gasteiger partial charge in [-0.05, 0) is 18.2 Å². The van der Waals surface area contributed by atoms with Crippen LogP contribution >= 0.6 is 11.6 Å². The molecule has 4 N–H and O–H groups in total. The molecule has 74 valence electrons. The van der Waals surface area contributed by atoms with Gasteiger partial charge in [0, 0.05) is 10.6 Å². The average molecular weight is 214 g/mol. The van der Waals surface area contributed by atoms with Gasteiger partial charge in [0.2, 0.25) is 0 Å². The monoisotopic (exact) mass is 213 g/mol. The highest BCUT2D eigenvalue weighted by Crippen LogP contribution is 2.21. The molecular weight excluding hydrogens is 204 g/mol. The number of quaternary nitrogens is 1. The lowest BCUT2D eigenvalue weighted by Gasteiger charge is -2.13. The van der Waals surface area contributed by atoms with Crippen molar-refractivity contribution in [2.75, 3.05) is 5.01 Å². The molecule has 1 aliphatic heterocycles. The molecule has 0 unspecified atom stereocenters. The van der Waals surface area contributed by atoms with Crippen LogP contribution in [0.25, 0.3) is 0 Å². The van der Waals surface area contributed by atoms with Crippen molar-refractivity contribution in [3.63, 3.8) is 0 Å². The first kappa shape index (κ1) is 9.26. The molecule has 0 bridgehead atoms. The van der Waals surface area contributed by atoms with E-state index < -0.39 is 0 Å². The molecule has 0 fully saturated rings. The molecule has 2 rings (SSSR count). The van der Waals surface area contributed by atoms with Gasteiger partial charge in [0.05, 0.1) is 6.61 Å². The van der Waals surface area contributed by atoms with Gasteiger partial charge in [-0.2, -0.15) is 5.01 Å². The molecule has 1 aromatic carbocycles. The first-order valence-corrected chi connectivity index (χ1v) is 4.49. The Morgan fingerprint density at radius 2 is 2.43 bits per heavy atom. The highest BCUT2D eigenvalue weighted by Gasteiger charge is 2.15. The fraction of sp³-hybridized carbons (Fsp3) is 0.125. The molecule has 0 radical (unpaired) electrons. The third kappa shape index (κ3) is 1.65. The molecule has 1 aromatic rings. The maximum atomic E-state index is 9.14. The second-order valence-corrected chi connectivity index (χ2v) is 3.28. The number of hydrogen-bond donors (Lipinski definition) is 3. The quantitative estimate of drug-likeness (QED) is 0.585. The minimum Gasteiger partial charge on any atom is -0.392 e. The Morgan fingerprint density at radius 1 is 1.57 bits per heavy atom. The molecule has 1 aliphatic rings. The largest absolute Gasteiger partial charge is 0.392 e. The maximum Gasteiger partial charge on any atom is 0.174 e. The lowest BCUT2D eigenvalue weighted by atomic mass is 10.2. The lowest BCUT2D eigenvalue weighted by molar-refractivity contribution is -0.703. The Hall–Kier alpha value is -1.30. The third-order valence-corrected chi connectivity index (χ3v) is 2.18. The van der Waals surface area contributed by atoms with Gasteiger partial charge < -0.3 is 5.11 Å². The molecule has 0 saturated carbocycles. The smallest absolute Gasteiger partial charge is 0.174 e. The third-order valence-electron chi connectivity index (χ3n) is 1.94. The number of halogens is 1. The topological polar surface area (TPSA) is 64.5 Å². The van der Waals surface area contributed by atoms with Gasteiger partial charge in [-0.3, -0.25) is 0 Å². The van der Waals surface area contributed by atoms with E-state index in [1.807, 2.05) is 6.07 Å². The van der Waals surface area contributed by atoms with E-state index >= 15 is 0 Å². The normalized spacial score (nSPS) is 14.6. The zero-order chi connectivity index (χ0) is 9.97. The number of benzene rings is 1. The van der Waals surface area contributed by atoms with E-state index in [0.29, 0.717) is 5.02 Å². The summed E-state index contributed by atoms with van der Waals surface area (Å²) in [6.45, 7) is -0.0475. The molecular formula is C8H10ClN4O+. The van der Waals surface area contributed by atoms with E-state index in [1.165, 1.54) is 0 Å². The van der Waals surface area contributed by atoms with Gasteiger partial charge in [-0.1, -0.05) is 11.6 Å². The van der Waals surface area contributed by atoms with Crippen LogP contribution in [0.1, 0.15) is 5.56 Å². The number of hydrogen-bond acceptors (Lipinski definition) is 4. The van der Waals surface area contributed by atoms with Crippen LogP contribution in [0.5, 0.6) is 0 Å². The zero-order valence-corrected chi connectivity index (χ0v) is 8.07. The number of nitrogens with one attached hydrogen (secondary N) is 1. The van der Waals surface area contributed by atoms with Crippen molar-refractivity contribution < 1.29 is 10.6 Å². The summed E-state index contributed by atoms with van der Waals surface area (Å²) < 4.78 is 0. The Bertz CT molecular complexity index is 368. The van der Waals surface area contributed by atoms with Crippen molar-refractivity contribution >= 4 is 23.6 Å². The van der Waals surface area contributed by atoms with Gasteiger partial charge in [0.25, 0.3) is 0 Å². The van der Waals surface area contributed by atoms with Gasteiger partial charge in [0.1, 0.15) is 5.69 Å². The van der Waals surface area contributed by atoms with Crippen LogP contribution in [0.4, 0.5) is 5.69 Å². The average Bonchev–Trinajstić information content (AvgIpc) is 2.70. The number of anilines is 1. The van der Waals surface area contributed by atoms with Crippen molar-refractivity contribution in [2.24, 2.45) is 5.10 Å². The number of aliphatic hydroxyl groups excluding tert-OH is 1. The van der Waals surface area contributed by atoms with E-state index in [0.717, 1.165) is 11.3 Å². The molecule has 1 heterocycles. The van der Waals surface area contributed by atoms with Crippen LogP contribution < -0.4 is 16.1 Å². The van der Waals surface area contributed by atoms with Crippen molar-refractivity contribution in [2.45, 2.75) is 6.61 Å². The Labute approximate surface area is 85.9 Å². The molecule has 0 aliphatic carbocycles. The number of rotatable bonds is 2. The second-order valence-electron chi connectivity index (χ2n) is 2.84. The fourth-order valence-electron chi connectivity index (χ4n) is 1.29. The highest BCUT2D eigenvalue weighted by atomic mass is 35.5. The molecule has 6 heteroatoms. The Morgan fingerprint density at radius 3 is 3.07 bits per heavy atom. The first-order valence-electron chi connectivity index (χ1n) is 4.11. The summed E-state index contributed by atoms with van der Waals surface area (Å²) >= 11 is 5.81. The summed E-state index contributed by atoms with van der Waals surface area (Å²) in [6.07, 6.45) is 1.63. The second kappa shape index (κ2) is 3.83. The van der Waals surface area contributed by atoms with E-state index in [1.54, 1.807) is 29.0 Å². The number of hydrazone groups is 1. The molecule has 0 saturated heterocycles. The van der Waals surface area contributed by atoms with Crippen molar-refractivity contribution in [3.8, 4) is 0 Å². The van der Waals surface area contributed by atoms with E-state index in [-0.39, 0.29) is 6.61 Å². The van der Waals surface area contributed by atoms with E-state index in [9.17, 15) is 0 Å². The SMILES string of the molecule is OCc1cc(Cl)ccc1N1C=NN[NH2+]1. The number of aliphatic hydroxyl groups is 1. The summed E-state index contributed by atoms with van der Waals surface area (Å²) in [7, 11) is 0. The van der Waals surface area contributed by atoms with Crippen molar-refractivity contribution in [1.82, 2.24) is 5.53 Å². The minimum atomic E-state index is -0.0475. The minimum absolute atomic E-state index is 0.0475. The number of nitrogens with zero attached hydrogens (tertiary/aromatic N) is 2. The number of nitrogens with two attached hydrogens (primary N) is 1. The molecule has 0 amide bonds. The summed E-state index contributed by atoms with van der Waals surface area (Å²) in [5.74, 6) is 0. The van der Waals surface area contributed by atoms with Crippen LogP contribution in [0.2, 0.25) is 5.02 Å². The standard InChI is InChI=1S/C8H9ClN4O/c9-7-1-2-8(6(3-7)4-14)13-5-10-11-12-13/h1-3,5,11-12,14H,4H2/p+1. The van der Waals surface area contributed by atoms with Gasteiger partial charge in [0.15, 0.2) is 6.34 Å². The van der Waals surface area contributed by atoms with Crippen molar-refractivity contribution in [1.29, 1.82) is 0 Å². The Balaban J connectivity index is 2.36. The first-order chi connectivity index (χ1) is 6.81. The molecule has 5 nitrogen and oxygen atoms in total. The predicted octanol–water partition coefficient (Wildman–Crippen LogP) is -0.421. The van der Waals surface area contributed by atoms with Gasteiger partial charge in [-0.25, -0.2) is 0 Å². The molecule has 0 spiro atoms. The summed E-state index contributed by atoms with van der Waals surface area (Å²) in [6, 6.07) is 5.34. The molecule has 0 atom stereocenters. The maximum absolute atomic E-state index is 9.14. The lowest BCUT2D eigenvalue weighted by Crippen LogP contribution is -2.98. The zero-order valence-electron chi connectivity index (χ0n) is 7.31. The van der Waals surface area contributed by atoms with Crippen molar-refractivity contribution in [3.05, 3.63) is 28.8 Å². The molecule has 14 heavy (non-hydrogen) atoms. The highest BCUT2D eigenvalue weighted by molar-refractivity contribution is 6.30. The van der Waals surface area contributed by atoms with Crippen LogP contribution in [0.15, 0.2) is 23.3 Å². The summed E-state index contributed by atoms with van der Waals surface area (Å²) in [5.41, 5.74) is 6.02. The van der Waals surface area contributed by atoms with Gasteiger partial charge in [-0.15, -0.1) is 16.2 Å². The Kier molecular flexibility index (Phi) is 2.53. The van der Waals surface area contributed by atoms with Crippen LogP contribution in [0.3, 0.4) is 0 Å². The molecule has 0 aromatic heterocycles. The van der Waals surface area contributed by atoms with Crippen LogP contribution in [0, 0.1) is 0 Å². The van der Waals surface area contributed by atoms with Crippen LogP contribution in [-0.2, 0) is 6.61 Å².